The second-order valence-electron chi connectivity index (χ2n) is 7.34. The van der Waals surface area contributed by atoms with Gasteiger partial charge >= 0.3 is 0 Å². The molecule has 0 saturated carbocycles. The third-order valence-corrected chi connectivity index (χ3v) is 4.44. The maximum absolute atomic E-state index is 13.9. The lowest BCUT2D eigenvalue weighted by Gasteiger charge is -2.29. The number of carbonyl (C=O) groups is 1. The van der Waals surface area contributed by atoms with E-state index in [1.54, 1.807) is 0 Å². The first-order chi connectivity index (χ1) is 13.8. The number of aromatic hydroxyl groups is 1. The molecule has 0 bridgehead atoms. The number of nitrogens with one attached hydrogen (secondary N) is 2. The maximum atomic E-state index is 13.9. The highest BCUT2D eigenvalue weighted by Gasteiger charge is 2.27. The number of amides is 1. The monoisotopic (exact) mass is 397 g/mol. The van der Waals surface area contributed by atoms with Crippen LogP contribution in [0.2, 0.25) is 0 Å². The van der Waals surface area contributed by atoms with Gasteiger partial charge in [0.1, 0.15) is 11.6 Å². The summed E-state index contributed by atoms with van der Waals surface area (Å²) in [6.45, 7) is 5.18. The summed E-state index contributed by atoms with van der Waals surface area (Å²) >= 11 is 0. The Morgan fingerprint density at radius 1 is 1.45 bits per heavy atom. The quantitative estimate of drug-likeness (QED) is 0.730. The maximum Gasteiger partial charge on any atom is 0.262 e. The molecule has 29 heavy (non-hydrogen) atoms. The molecule has 8 nitrogen and oxygen atoms in total. The number of phenolic OH excluding ortho intramolecular Hbond substituents is 1. The summed E-state index contributed by atoms with van der Waals surface area (Å²) in [5, 5.41) is 25.6. The number of carbonyl (C=O) groups excluding carboxylic acids is 1. The summed E-state index contributed by atoms with van der Waals surface area (Å²) in [6, 6.07) is 5.62. The molecule has 9 heteroatoms. The van der Waals surface area contributed by atoms with Crippen molar-refractivity contribution >= 4 is 11.9 Å². The van der Waals surface area contributed by atoms with Gasteiger partial charge in [0.05, 0.1) is 30.5 Å². The minimum Gasteiger partial charge on any atom is -0.507 e. The van der Waals surface area contributed by atoms with Crippen molar-refractivity contribution in [1.82, 2.24) is 15.6 Å². The standard InChI is InChI=1S/C20H20FN5O3/c1-20(2)9-24-19(25-10-20)26-17(28)16-14(27)5-4-11(7-22)15(16)13-6-12(21)8-23-18(13)29-3/h4-6,8,27H,9-10H2,1-3H3,(H2,24,25,26,28). The summed E-state index contributed by atoms with van der Waals surface area (Å²) in [6.07, 6.45) is 0.958. The van der Waals surface area contributed by atoms with Crippen LogP contribution < -0.4 is 15.4 Å². The predicted molar refractivity (Wildman–Crippen MR) is 104 cm³/mol. The second-order valence-corrected chi connectivity index (χ2v) is 7.34. The number of pyridine rings is 1. The van der Waals surface area contributed by atoms with Crippen LogP contribution in [0.25, 0.3) is 11.1 Å². The fraction of sp³-hybridized carbons (Fsp3) is 0.300. The average molecular weight is 397 g/mol. The van der Waals surface area contributed by atoms with Crippen molar-refractivity contribution < 1.29 is 19.0 Å². The SMILES string of the molecule is COc1ncc(F)cc1-c1c(C#N)ccc(O)c1C(=O)NC1=NCC(C)(C)CN1. The number of benzene rings is 1. The van der Waals surface area contributed by atoms with Gasteiger partial charge < -0.3 is 15.2 Å². The molecular weight excluding hydrogens is 377 g/mol. The Balaban J connectivity index is 2.11. The van der Waals surface area contributed by atoms with Crippen LogP contribution in [0, 0.1) is 22.6 Å². The molecule has 1 aliphatic heterocycles. The lowest BCUT2D eigenvalue weighted by Crippen LogP contribution is -2.49. The minimum atomic E-state index is -0.702. The number of hydrogen-bond acceptors (Lipinski definition) is 7. The minimum absolute atomic E-state index is 0.0115. The molecule has 1 aliphatic rings. The van der Waals surface area contributed by atoms with E-state index in [9.17, 15) is 19.6 Å². The molecular formula is C20H20FN5O3. The van der Waals surface area contributed by atoms with Crippen molar-refractivity contribution in [2.24, 2.45) is 10.4 Å². The van der Waals surface area contributed by atoms with Gasteiger partial charge in [-0.05, 0) is 18.2 Å². The van der Waals surface area contributed by atoms with E-state index in [-0.39, 0.29) is 45.3 Å². The topological polar surface area (TPSA) is 120 Å². The molecule has 0 unspecified atom stereocenters. The fourth-order valence-electron chi connectivity index (χ4n) is 2.94. The molecule has 0 fully saturated rings. The van der Waals surface area contributed by atoms with E-state index in [4.69, 9.17) is 4.74 Å². The van der Waals surface area contributed by atoms with Gasteiger partial charge in [0.2, 0.25) is 5.88 Å². The van der Waals surface area contributed by atoms with E-state index in [0.29, 0.717) is 13.1 Å². The Bertz CT molecular complexity index is 1040. The van der Waals surface area contributed by atoms with Gasteiger partial charge in [0.15, 0.2) is 5.96 Å². The molecule has 0 spiro atoms. The van der Waals surface area contributed by atoms with Gasteiger partial charge in [0, 0.05) is 29.6 Å². The molecule has 0 atom stereocenters. The fourth-order valence-corrected chi connectivity index (χ4v) is 2.94. The molecule has 2 heterocycles. The van der Waals surface area contributed by atoms with Crippen LogP contribution in [-0.2, 0) is 0 Å². The average Bonchev–Trinajstić information content (AvgIpc) is 2.69. The lowest BCUT2D eigenvalue weighted by atomic mass is 9.92. The molecule has 0 radical (unpaired) electrons. The molecule has 1 aromatic heterocycles. The third-order valence-electron chi connectivity index (χ3n) is 4.44. The summed E-state index contributed by atoms with van der Waals surface area (Å²) in [7, 11) is 1.33. The first-order valence-electron chi connectivity index (χ1n) is 8.81. The second kappa shape index (κ2) is 7.75. The number of aromatic nitrogens is 1. The number of rotatable bonds is 3. The molecule has 1 aromatic carbocycles. The highest BCUT2D eigenvalue weighted by molar-refractivity contribution is 6.11. The van der Waals surface area contributed by atoms with E-state index in [2.05, 4.69) is 20.6 Å². The number of hydrogen-bond donors (Lipinski definition) is 3. The summed E-state index contributed by atoms with van der Waals surface area (Å²) < 4.78 is 19.1. The summed E-state index contributed by atoms with van der Waals surface area (Å²) in [5.41, 5.74) is -0.110. The molecule has 0 saturated heterocycles. The van der Waals surface area contributed by atoms with Gasteiger partial charge in [-0.15, -0.1) is 0 Å². The van der Waals surface area contributed by atoms with E-state index in [1.807, 2.05) is 19.9 Å². The highest BCUT2D eigenvalue weighted by Crippen LogP contribution is 2.37. The van der Waals surface area contributed by atoms with Crippen LogP contribution in [0.4, 0.5) is 4.39 Å². The Hall–Kier alpha value is -3.67. The number of halogens is 1. The number of aliphatic imine (C=N–C) groups is 1. The van der Waals surface area contributed by atoms with Crippen LogP contribution in [0.5, 0.6) is 11.6 Å². The molecule has 2 aromatic rings. The van der Waals surface area contributed by atoms with Crippen LogP contribution in [0.3, 0.4) is 0 Å². The normalized spacial score (nSPS) is 14.9. The first-order valence-corrected chi connectivity index (χ1v) is 8.81. The summed E-state index contributed by atoms with van der Waals surface area (Å²) in [4.78, 5) is 21.1. The van der Waals surface area contributed by atoms with Crippen LogP contribution in [0.1, 0.15) is 29.8 Å². The van der Waals surface area contributed by atoms with E-state index in [1.165, 1.54) is 19.2 Å². The van der Waals surface area contributed by atoms with E-state index < -0.39 is 11.7 Å². The number of phenols is 1. The zero-order chi connectivity index (χ0) is 21.2. The number of nitrogens with zero attached hydrogens (tertiary/aromatic N) is 3. The van der Waals surface area contributed by atoms with Crippen molar-refractivity contribution in [2.75, 3.05) is 20.2 Å². The zero-order valence-corrected chi connectivity index (χ0v) is 16.2. The van der Waals surface area contributed by atoms with Crippen molar-refractivity contribution in [1.29, 1.82) is 5.26 Å². The van der Waals surface area contributed by atoms with Crippen molar-refractivity contribution in [3.8, 4) is 28.8 Å². The lowest BCUT2D eigenvalue weighted by molar-refractivity contribution is 0.0972. The highest BCUT2D eigenvalue weighted by atomic mass is 19.1. The van der Waals surface area contributed by atoms with Crippen molar-refractivity contribution in [3.63, 3.8) is 0 Å². The molecule has 3 rings (SSSR count). The number of nitriles is 1. The van der Waals surface area contributed by atoms with E-state index >= 15 is 0 Å². The molecule has 1 amide bonds. The van der Waals surface area contributed by atoms with Crippen molar-refractivity contribution in [2.45, 2.75) is 13.8 Å². The van der Waals surface area contributed by atoms with Gasteiger partial charge in [0.25, 0.3) is 5.91 Å². The molecule has 0 aliphatic carbocycles. The van der Waals surface area contributed by atoms with Gasteiger partial charge in [-0.25, -0.2) is 9.37 Å². The zero-order valence-electron chi connectivity index (χ0n) is 16.2. The van der Waals surface area contributed by atoms with Gasteiger partial charge in [-0.3, -0.25) is 15.1 Å². The Labute approximate surface area is 167 Å². The van der Waals surface area contributed by atoms with Crippen LogP contribution in [0.15, 0.2) is 29.4 Å². The van der Waals surface area contributed by atoms with E-state index in [0.717, 1.165) is 12.3 Å². The van der Waals surface area contributed by atoms with Crippen LogP contribution in [-0.4, -0.2) is 42.2 Å². The number of methoxy groups -OCH3 is 1. The Morgan fingerprint density at radius 3 is 2.83 bits per heavy atom. The summed E-state index contributed by atoms with van der Waals surface area (Å²) in [5.74, 6) is -1.49. The predicted octanol–water partition coefficient (Wildman–Crippen LogP) is 2.19. The molecule has 3 N–H and O–H groups in total. The van der Waals surface area contributed by atoms with Gasteiger partial charge in [-0.2, -0.15) is 5.26 Å². The third kappa shape index (κ3) is 4.11. The first kappa shape index (κ1) is 20.1. The molecule has 150 valence electrons. The van der Waals surface area contributed by atoms with Crippen molar-refractivity contribution in [3.05, 3.63) is 41.3 Å². The largest absolute Gasteiger partial charge is 0.507 e. The number of guanidine groups is 1. The van der Waals surface area contributed by atoms with Crippen LogP contribution >= 0.6 is 0 Å². The smallest absolute Gasteiger partial charge is 0.262 e. The van der Waals surface area contributed by atoms with Gasteiger partial charge in [-0.1, -0.05) is 13.8 Å². The number of ether oxygens (including phenoxy) is 1. The Kier molecular flexibility index (Phi) is 5.37. The Morgan fingerprint density at radius 2 is 2.21 bits per heavy atom.